The Balaban J connectivity index is 2.12. The van der Waals surface area contributed by atoms with E-state index < -0.39 is 11.9 Å². The quantitative estimate of drug-likeness (QED) is 0.463. The molecule has 0 aliphatic carbocycles. The molecule has 0 saturated carbocycles. The number of carbonyl (C=O) groups excluding carboxylic acids is 2. The van der Waals surface area contributed by atoms with Crippen molar-refractivity contribution >= 4 is 11.9 Å². The SMILES string of the molecule is C=CC(=O)Oc1cccc(Oc2cccc(OC(=O)C=C)c2)c1. The van der Waals surface area contributed by atoms with E-state index >= 15 is 0 Å². The number of benzene rings is 2. The number of hydrogen-bond donors (Lipinski definition) is 0. The van der Waals surface area contributed by atoms with Crippen LogP contribution in [0, 0.1) is 0 Å². The zero-order chi connectivity index (χ0) is 16.7. The number of esters is 2. The molecule has 0 aliphatic rings. The van der Waals surface area contributed by atoms with Gasteiger partial charge in [-0.1, -0.05) is 25.3 Å². The van der Waals surface area contributed by atoms with Gasteiger partial charge in [0.25, 0.3) is 0 Å². The smallest absolute Gasteiger partial charge is 0.335 e. The van der Waals surface area contributed by atoms with Gasteiger partial charge in [-0.25, -0.2) is 9.59 Å². The van der Waals surface area contributed by atoms with Crippen molar-refractivity contribution in [3.63, 3.8) is 0 Å². The Morgan fingerprint density at radius 1 is 0.739 bits per heavy atom. The Hall–Kier alpha value is -3.34. The standard InChI is InChI=1S/C18H14O5/c1-3-17(19)22-15-9-5-7-13(11-15)21-14-8-6-10-16(12-14)23-18(20)4-2/h3-12H,1-2H2. The summed E-state index contributed by atoms with van der Waals surface area (Å²) < 4.78 is 15.7. The summed E-state index contributed by atoms with van der Waals surface area (Å²) in [5.74, 6) is 0.488. The Labute approximate surface area is 133 Å². The van der Waals surface area contributed by atoms with E-state index in [2.05, 4.69) is 13.2 Å². The van der Waals surface area contributed by atoms with Crippen LogP contribution < -0.4 is 14.2 Å². The van der Waals surface area contributed by atoms with Crippen molar-refractivity contribution in [3.05, 3.63) is 73.8 Å². The van der Waals surface area contributed by atoms with Gasteiger partial charge in [0.1, 0.15) is 23.0 Å². The minimum Gasteiger partial charge on any atom is -0.457 e. The number of rotatable bonds is 6. The second kappa shape index (κ2) is 7.61. The number of hydrogen-bond acceptors (Lipinski definition) is 5. The molecule has 0 N–H and O–H groups in total. The maximum atomic E-state index is 11.2. The van der Waals surface area contributed by atoms with E-state index in [1.54, 1.807) is 48.5 Å². The van der Waals surface area contributed by atoms with Gasteiger partial charge in [-0.15, -0.1) is 0 Å². The summed E-state index contributed by atoms with van der Waals surface area (Å²) >= 11 is 0. The lowest BCUT2D eigenvalue weighted by Gasteiger charge is -2.09. The second-order valence-corrected chi connectivity index (χ2v) is 4.30. The largest absolute Gasteiger partial charge is 0.457 e. The van der Waals surface area contributed by atoms with Crippen LogP contribution >= 0.6 is 0 Å². The van der Waals surface area contributed by atoms with Gasteiger partial charge in [-0.2, -0.15) is 0 Å². The van der Waals surface area contributed by atoms with Crippen molar-refractivity contribution in [1.29, 1.82) is 0 Å². The molecule has 116 valence electrons. The van der Waals surface area contributed by atoms with Crippen LogP contribution in [0.25, 0.3) is 0 Å². The first-order chi connectivity index (χ1) is 11.1. The van der Waals surface area contributed by atoms with E-state index in [1.807, 2.05) is 0 Å². The van der Waals surface area contributed by atoms with E-state index in [9.17, 15) is 9.59 Å². The molecular formula is C18H14O5. The van der Waals surface area contributed by atoms with Gasteiger partial charge in [-0.05, 0) is 24.3 Å². The van der Waals surface area contributed by atoms with E-state index in [0.717, 1.165) is 12.2 Å². The molecule has 2 aromatic carbocycles. The zero-order valence-electron chi connectivity index (χ0n) is 12.2. The Morgan fingerprint density at radius 3 is 1.52 bits per heavy atom. The molecular weight excluding hydrogens is 296 g/mol. The van der Waals surface area contributed by atoms with Gasteiger partial charge in [0.05, 0.1) is 0 Å². The van der Waals surface area contributed by atoms with Crippen LogP contribution in [0.5, 0.6) is 23.0 Å². The van der Waals surface area contributed by atoms with Crippen LogP contribution in [0.1, 0.15) is 0 Å². The first-order valence-electron chi connectivity index (χ1n) is 6.67. The molecule has 0 spiro atoms. The summed E-state index contributed by atoms with van der Waals surface area (Å²) in [6.07, 6.45) is 2.15. The maximum Gasteiger partial charge on any atom is 0.335 e. The van der Waals surface area contributed by atoms with Crippen molar-refractivity contribution < 1.29 is 23.8 Å². The van der Waals surface area contributed by atoms with Crippen LogP contribution in [0.15, 0.2) is 73.8 Å². The molecule has 0 amide bonds. The molecule has 0 saturated heterocycles. The predicted molar refractivity (Wildman–Crippen MR) is 84.6 cm³/mol. The summed E-state index contributed by atoms with van der Waals surface area (Å²) in [5.41, 5.74) is 0. The van der Waals surface area contributed by atoms with E-state index in [-0.39, 0.29) is 0 Å². The van der Waals surface area contributed by atoms with Crippen LogP contribution in [-0.2, 0) is 9.59 Å². The molecule has 5 nitrogen and oxygen atoms in total. The molecule has 23 heavy (non-hydrogen) atoms. The molecule has 0 radical (unpaired) electrons. The van der Waals surface area contributed by atoms with Crippen LogP contribution in [0.2, 0.25) is 0 Å². The molecule has 0 fully saturated rings. The fourth-order valence-electron chi connectivity index (χ4n) is 1.65. The lowest BCUT2D eigenvalue weighted by molar-refractivity contribution is -0.129. The van der Waals surface area contributed by atoms with Crippen molar-refractivity contribution in [2.75, 3.05) is 0 Å². The first kappa shape index (κ1) is 16.0. The van der Waals surface area contributed by atoms with Gasteiger partial charge in [-0.3, -0.25) is 0 Å². The van der Waals surface area contributed by atoms with Gasteiger partial charge in [0.15, 0.2) is 0 Å². The van der Waals surface area contributed by atoms with Crippen LogP contribution in [-0.4, -0.2) is 11.9 Å². The molecule has 0 bridgehead atoms. The van der Waals surface area contributed by atoms with Gasteiger partial charge >= 0.3 is 11.9 Å². The predicted octanol–water partition coefficient (Wildman–Crippen LogP) is 3.66. The van der Waals surface area contributed by atoms with Crippen molar-refractivity contribution in [3.8, 4) is 23.0 Å². The van der Waals surface area contributed by atoms with Gasteiger partial charge in [0.2, 0.25) is 0 Å². The highest BCUT2D eigenvalue weighted by Gasteiger charge is 2.05. The normalized spacial score (nSPS) is 9.57. The van der Waals surface area contributed by atoms with E-state index in [1.165, 1.54) is 0 Å². The highest BCUT2D eigenvalue weighted by Crippen LogP contribution is 2.27. The molecule has 0 aliphatic heterocycles. The fraction of sp³-hybridized carbons (Fsp3) is 0. The van der Waals surface area contributed by atoms with Crippen molar-refractivity contribution in [2.24, 2.45) is 0 Å². The Bertz CT molecular complexity index is 685. The lowest BCUT2D eigenvalue weighted by atomic mass is 10.3. The number of carbonyl (C=O) groups is 2. The maximum absolute atomic E-state index is 11.2. The average molecular weight is 310 g/mol. The van der Waals surface area contributed by atoms with Gasteiger partial charge in [0, 0.05) is 24.3 Å². The highest BCUT2D eigenvalue weighted by molar-refractivity contribution is 5.83. The summed E-state index contributed by atoms with van der Waals surface area (Å²) in [6, 6.07) is 13.1. The minimum atomic E-state index is -0.555. The summed E-state index contributed by atoms with van der Waals surface area (Å²) in [4.78, 5) is 22.4. The summed E-state index contributed by atoms with van der Waals surface area (Å²) in [5, 5.41) is 0. The molecule has 0 unspecified atom stereocenters. The average Bonchev–Trinajstić information content (AvgIpc) is 2.55. The molecule has 2 rings (SSSR count). The molecule has 0 heterocycles. The second-order valence-electron chi connectivity index (χ2n) is 4.30. The minimum absolute atomic E-state index is 0.335. The highest BCUT2D eigenvalue weighted by atomic mass is 16.5. The third-order valence-electron chi connectivity index (χ3n) is 2.62. The Kier molecular flexibility index (Phi) is 5.30. The molecule has 0 atom stereocenters. The molecule has 2 aromatic rings. The van der Waals surface area contributed by atoms with Crippen LogP contribution in [0.4, 0.5) is 0 Å². The van der Waals surface area contributed by atoms with E-state index in [0.29, 0.717) is 23.0 Å². The monoisotopic (exact) mass is 310 g/mol. The fourth-order valence-corrected chi connectivity index (χ4v) is 1.65. The van der Waals surface area contributed by atoms with Crippen LogP contribution in [0.3, 0.4) is 0 Å². The lowest BCUT2D eigenvalue weighted by Crippen LogP contribution is -2.03. The Morgan fingerprint density at radius 2 is 1.13 bits per heavy atom. The molecule has 5 heteroatoms. The number of ether oxygens (including phenoxy) is 3. The molecule has 0 aromatic heterocycles. The topological polar surface area (TPSA) is 61.8 Å². The third kappa shape index (κ3) is 4.86. The first-order valence-corrected chi connectivity index (χ1v) is 6.67. The van der Waals surface area contributed by atoms with Crippen molar-refractivity contribution in [2.45, 2.75) is 0 Å². The summed E-state index contributed by atoms with van der Waals surface area (Å²) in [7, 11) is 0. The van der Waals surface area contributed by atoms with Gasteiger partial charge < -0.3 is 14.2 Å². The third-order valence-corrected chi connectivity index (χ3v) is 2.62. The van der Waals surface area contributed by atoms with E-state index in [4.69, 9.17) is 14.2 Å². The zero-order valence-corrected chi connectivity index (χ0v) is 12.2. The summed E-state index contributed by atoms with van der Waals surface area (Å²) in [6.45, 7) is 6.67. The van der Waals surface area contributed by atoms with Crippen molar-refractivity contribution in [1.82, 2.24) is 0 Å².